The Labute approximate surface area is 147 Å². The van der Waals surface area contributed by atoms with E-state index >= 15 is 0 Å². The number of hydrogen-bond donors (Lipinski definition) is 3. The van der Waals surface area contributed by atoms with Crippen LogP contribution in [0.15, 0.2) is 72.8 Å². The van der Waals surface area contributed by atoms with Crippen molar-refractivity contribution in [1.82, 2.24) is 4.90 Å². The highest BCUT2D eigenvalue weighted by atomic mass is 16.3. The molecule has 0 radical (unpaired) electrons. The number of phenolic OH excluding ortho intramolecular Hbond substituents is 3. The van der Waals surface area contributed by atoms with Gasteiger partial charge in [0.05, 0.1) is 0 Å². The van der Waals surface area contributed by atoms with Gasteiger partial charge in [-0.3, -0.25) is 4.90 Å². The maximum Gasteiger partial charge on any atom is 0.200 e. The van der Waals surface area contributed by atoms with E-state index in [0.717, 1.165) is 0 Å². The van der Waals surface area contributed by atoms with Crippen LogP contribution in [0.4, 0.5) is 0 Å². The topological polar surface area (TPSA) is 63.9 Å². The number of hydrogen-bond acceptors (Lipinski definition) is 4. The average Bonchev–Trinajstić information content (AvgIpc) is 2.64. The smallest absolute Gasteiger partial charge is 0.200 e. The summed E-state index contributed by atoms with van der Waals surface area (Å²) in [6, 6.07) is 23.2. The summed E-state index contributed by atoms with van der Waals surface area (Å²) >= 11 is 0. The van der Waals surface area contributed by atoms with Crippen LogP contribution in [0, 0.1) is 0 Å². The molecule has 128 valence electrons. The monoisotopic (exact) mass is 335 g/mol. The molecule has 4 nitrogen and oxygen atoms in total. The van der Waals surface area contributed by atoms with Crippen LogP contribution >= 0.6 is 0 Å². The molecule has 25 heavy (non-hydrogen) atoms. The van der Waals surface area contributed by atoms with Gasteiger partial charge in [-0.05, 0) is 17.2 Å². The van der Waals surface area contributed by atoms with Gasteiger partial charge in [0.1, 0.15) is 0 Å². The first-order valence-electron chi connectivity index (χ1n) is 8.16. The molecule has 3 aromatic carbocycles. The largest absolute Gasteiger partial charge is 0.504 e. The molecule has 0 saturated heterocycles. The molecular formula is C21H21NO3. The summed E-state index contributed by atoms with van der Waals surface area (Å²) in [5.74, 6) is -1.07. The first-order valence-corrected chi connectivity index (χ1v) is 8.16. The molecule has 0 fully saturated rings. The highest BCUT2D eigenvalue weighted by Gasteiger charge is 2.15. The van der Waals surface area contributed by atoms with E-state index < -0.39 is 5.75 Å². The van der Waals surface area contributed by atoms with Crippen LogP contribution in [-0.2, 0) is 19.6 Å². The Kier molecular flexibility index (Phi) is 5.21. The van der Waals surface area contributed by atoms with Crippen LogP contribution in [0.25, 0.3) is 0 Å². The molecule has 0 aliphatic heterocycles. The predicted octanol–water partition coefficient (Wildman–Crippen LogP) is 4.01. The van der Waals surface area contributed by atoms with E-state index in [1.807, 2.05) is 36.4 Å². The zero-order valence-electron chi connectivity index (χ0n) is 13.8. The van der Waals surface area contributed by atoms with E-state index in [4.69, 9.17) is 0 Å². The van der Waals surface area contributed by atoms with Crippen molar-refractivity contribution < 1.29 is 15.3 Å². The Hall–Kier alpha value is -2.98. The summed E-state index contributed by atoms with van der Waals surface area (Å²) in [5, 5.41) is 29.4. The molecule has 0 atom stereocenters. The van der Waals surface area contributed by atoms with Gasteiger partial charge in [-0.2, -0.15) is 0 Å². The van der Waals surface area contributed by atoms with E-state index in [9.17, 15) is 15.3 Å². The van der Waals surface area contributed by atoms with Crippen LogP contribution in [0.1, 0.15) is 16.7 Å². The minimum absolute atomic E-state index is 0.272. The lowest BCUT2D eigenvalue weighted by molar-refractivity contribution is 0.242. The van der Waals surface area contributed by atoms with Gasteiger partial charge < -0.3 is 15.3 Å². The maximum absolute atomic E-state index is 10.1. The van der Waals surface area contributed by atoms with Crippen molar-refractivity contribution in [3.63, 3.8) is 0 Å². The minimum Gasteiger partial charge on any atom is -0.504 e. The maximum atomic E-state index is 10.1. The third-order valence-electron chi connectivity index (χ3n) is 4.11. The second-order valence-corrected chi connectivity index (χ2v) is 6.06. The molecule has 0 bridgehead atoms. The summed E-state index contributed by atoms with van der Waals surface area (Å²) in [6.07, 6.45) is 0. The third-order valence-corrected chi connectivity index (χ3v) is 4.11. The zero-order valence-corrected chi connectivity index (χ0v) is 13.8. The van der Waals surface area contributed by atoms with E-state index in [1.54, 1.807) is 6.07 Å². The normalized spacial score (nSPS) is 10.9. The third kappa shape index (κ3) is 4.31. The van der Waals surface area contributed by atoms with Crippen LogP contribution in [0.3, 0.4) is 0 Å². The van der Waals surface area contributed by atoms with Crippen molar-refractivity contribution in [2.75, 3.05) is 0 Å². The Balaban J connectivity index is 1.84. The standard InChI is InChI=1S/C21H21NO3/c23-19-12-11-18(20(24)21(19)25)15-22(13-16-7-3-1-4-8-16)14-17-9-5-2-6-10-17/h1-12,23-25H,13-15H2. The number of nitrogens with zero attached hydrogens (tertiary/aromatic N) is 1. The second-order valence-electron chi connectivity index (χ2n) is 6.06. The van der Waals surface area contributed by atoms with Crippen molar-refractivity contribution in [3.8, 4) is 17.2 Å². The van der Waals surface area contributed by atoms with Crippen LogP contribution in [0.2, 0.25) is 0 Å². The Morgan fingerprint density at radius 1 is 0.560 bits per heavy atom. The molecule has 3 N–H and O–H groups in total. The number of aromatic hydroxyl groups is 3. The molecule has 0 aliphatic carbocycles. The van der Waals surface area contributed by atoms with Gasteiger partial charge >= 0.3 is 0 Å². The minimum atomic E-state index is -0.475. The second kappa shape index (κ2) is 7.73. The van der Waals surface area contributed by atoms with Gasteiger partial charge in [-0.25, -0.2) is 0 Å². The van der Waals surface area contributed by atoms with Crippen LogP contribution in [0.5, 0.6) is 17.2 Å². The van der Waals surface area contributed by atoms with Crippen molar-refractivity contribution in [2.24, 2.45) is 0 Å². The fourth-order valence-corrected chi connectivity index (χ4v) is 2.83. The number of phenols is 3. The zero-order chi connectivity index (χ0) is 17.6. The molecular weight excluding hydrogens is 314 g/mol. The molecule has 0 amide bonds. The molecule has 0 spiro atoms. The quantitative estimate of drug-likeness (QED) is 0.596. The van der Waals surface area contributed by atoms with E-state index in [2.05, 4.69) is 29.2 Å². The molecule has 4 heteroatoms. The fourth-order valence-electron chi connectivity index (χ4n) is 2.83. The molecule has 3 rings (SSSR count). The lowest BCUT2D eigenvalue weighted by Crippen LogP contribution is -2.22. The molecule has 0 aliphatic rings. The fraction of sp³-hybridized carbons (Fsp3) is 0.143. The molecule has 0 saturated carbocycles. The SMILES string of the molecule is Oc1ccc(CN(Cc2ccccc2)Cc2ccccc2)c(O)c1O. The van der Waals surface area contributed by atoms with Crippen molar-refractivity contribution in [1.29, 1.82) is 0 Å². The summed E-state index contributed by atoms with van der Waals surface area (Å²) in [5.41, 5.74) is 2.91. The van der Waals surface area contributed by atoms with Gasteiger partial charge in [0, 0.05) is 25.2 Å². The highest BCUT2D eigenvalue weighted by molar-refractivity contribution is 5.53. The Bertz CT molecular complexity index is 778. The van der Waals surface area contributed by atoms with Crippen molar-refractivity contribution in [3.05, 3.63) is 89.5 Å². The lowest BCUT2D eigenvalue weighted by Gasteiger charge is -2.23. The molecule has 0 aromatic heterocycles. The average molecular weight is 335 g/mol. The van der Waals surface area contributed by atoms with Crippen molar-refractivity contribution in [2.45, 2.75) is 19.6 Å². The summed E-state index contributed by atoms with van der Waals surface area (Å²) in [6.45, 7) is 1.86. The van der Waals surface area contributed by atoms with Gasteiger partial charge in [-0.15, -0.1) is 0 Å². The van der Waals surface area contributed by atoms with E-state index in [-0.39, 0.29) is 11.5 Å². The number of benzene rings is 3. The van der Waals surface area contributed by atoms with Crippen LogP contribution < -0.4 is 0 Å². The summed E-state index contributed by atoms with van der Waals surface area (Å²) in [4.78, 5) is 2.18. The lowest BCUT2D eigenvalue weighted by atomic mass is 10.1. The summed E-state index contributed by atoms with van der Waals surface area (Å²) in [7, 11) is 0. The number of rotatable bonds is 6. The molecule has 3 aromatic rings. The van der Waals surface area contributed by atoms with Gasteiger partial charge in [-0.1, -0.05) is 66.7 Å². The summed E-state index contributed by atoms with van der Waals surface area (Å²) < 4.78 is 0. The Morgan fingerprint density at radius 3 is 1.60 bits per heavy atom. The predicted molar refractivity (Wildman–Crippen MR) is 97.3 cm³/mol. The Morgan fingerprint density at radius 2 is 1.08 bits per heavy atom. The van der Waals surface area contributed by atoms with E-state index in [1.165, 1.54) is 17.2 Å². The first kappa shape index (κ1) is 16.9. The molecule has 0 unspecified atom stereocenters. The highest BCUT2D eigenvalue weighted by Crippen LogP contribution is 2.37. The van der Waals surface area contributed by atoms with E-state index in [0.29, 0.717) is 25.2 Å². The van der Waals surface area contributed by atoms with Gasteiger partial charge in [0.25, 0.3) is 0 Å². The first-order chi connectivity index (χ1) is 12.1. The molecule has 0 heterocycles. The van der Waals surface area contributed by atoms with Crippen molar-refractivity contribution >= 4 is 0 Å². The van der Waals surface area contributed by atoms with Crippen LogP contribution in [-0.4, -0.2) is 20.2 Å². The van der Waals surface area contributed by atoms with Gasteiger partial charge in [0.2, 0.25) is 5.75 Å². The van der Waals surface area contributed by atoms with Gasteiger partial charge in [0.15, 0.2) is 11.5 Å².